The Morgan fingerprint density at radius 1 is 1.00 bits per heavy atom. The fourth-order valence-electron chi connectivity index (χ4n) is 4.07. The van der Waals surface area contributed by atoms with Crippen LogP contribution in [0.5, 0.6) is 0 Å². The first-order chi connectivity index (χ1) is 14.5. The molecule has 3 aromatic carbocycles. The van der Waals surface area contributed by atoms with Crippen molar-refractivity contribution in [1.29, 1.82) is 0 Å². The summed E-state index contributed by atoms with van der Waals surface area (Å²) < 4.78 is 31.2. The summed E-state index contributed by atoms with van der Waals surface area (Å²) in [6.45, 7) is -0.963. The second-order valence-corrected chi connectivity index (χ2v) is 7.47. The van der Waals surface area contributed by atoms with Crippen LogP contribution in [0.4, 0.5) is 8.78 Å². The third-order valence-electron chi connectivity index (χ3n) is 5.65. The maximum absolute atomic E-state index is 14.4. The Morgan fingerprint density at radius 3 is 2.57 bits per heavy atom. The van der Waals surface area contributed by atoms with Crippen molar-refractivity contribution < 1.29 is 13.9 Å². The zero-order valence-electron chi connectivity index (χ0n) is 16.3. The average molecular weight is 403 g/mol. The van der Waals surface area contributed by atoms with Gasteiger partial charge in [0.2, 0.25) is 0 Å². The molecule has 5 aromatic rings. The van der Waals surface area contributed by atoms with E-state index in [2.05, 4.69) is 5.10 Å². The number of halogens is 2. The van der Waals surface area contributed by atoms with Crippen molar-refractivity contribution in [2.45, 2.75) is 5.60 Å². The SMILES string of the molecule is Cn1ccc2cccc(C(O)(CF)c3ccc4c(cnn4-c4ccc(F)cc4)c3)c21. The molecule has 0 aliphatic carbocycles. The van der Waals surface area contributed by atoms with Crippen LogP contribution in [0, 0.1) is 5.82 Å². The summed E-state index contributed by atoms with van der Waals surface area (Å²) in [5, 5.41) is 17.5. The van der Waals surface area contributed by atoms with Gasteiger partial charge in [0, 0.05) is 24.2 Å². The van der Waals surface area contributed by atoms with Crippen LogP contribution in [0.1, 0.15) is 11.1 Å². The van der Waals surface area contributed by atoms with Gasteiger partial charge < -0.3 is 9.67 Å². The van der Waals surface area contributed by atoms with Crippen LogP contribution < -0.4 is 0 Å². The average Bonchev–Trinajstić information content (AvgIpc) is 3.37. The van der Waals surface area contributed by atoms with Gasteiger partial charge in [0.1, 0.15) is 18.1 Å². The summed E-state index contributed by atoms with van der Waals surface area (Å²) in [6, 6.07) is 18.8. The van der Waals surface area contributed by atoms with Crippen molar-refractivity contribution in [3.05, 3.63) is 96.1 Å². The number of alkyl halides is 1. The molecule has 1 N–H and O–H groups in total. The minimum atomic E-state index is -1.79. The van der Waals surface area contributed by atoms with Gasteiger partial charge >= 0.3 is 0 Å². The molecule has 0 aliphatic heterocycles. The second kappa shape index (κ2) is 6.78. The van der Waals surface area contributed by atoms with Crippen LogP contribution >= 0.6 is 0 Å². The maximum atomic E-state index is 14.4. The highest BCUT2D eigenvalue weighted by Gasteiger charge is 2.34. The molecule has 0 bridgehead atoms. The standard InChI is InChI=1S/C24H19F2N3O/c1-28-12-11-16-3-2-4-21(23(16)28)24(30,15-25)18-5-10-22-17(13-18)14-27-29(22)20-8-6-19(26)7-9-20/h2-14,30H,15H2,1H3. The molecule has 30 heavy (non-hydrogen) atoms. The number of benzene rings is 3. The summed E-state index contributed by atoms with van der Waals surface area (Å²) >= 11 is 0. The number of para-hydroxylation sites is 1. The Bertz CT molecular complexity index is 1370. The molecule has 6 heteroatoms. The number of hydrogen-bond acceptors (Lipinski definition) is 2. The lowest BCUT2D eigenvalue weighted by Crippen LogP contribution is -2.30. The monoisotopic (exact) mass is 403 g/mol. The van der Waals surface area contributed by atoms with Gasteiger partial charge in [-0.3, -0.25) is 0 Å². The highest BCUT2D eigenvalue weighted by atomic mass is 19.1. The molecule has 0 fully saturated rings. The molecule has 0 saturated carbocycles. The van der Waals surface area contributed by atoms with Crippen molar-refractivity contribution in [1.82, 2.24) is 14.3 Å². The lowest BCUT2D eigenvalue weighted by molar-refractivity contribution is 0.0531. The van der Waals surface area contributed by atoms with Gasteiger partial charge in [-0.1, -0.05) is 24.3 Å². The summed E-state index contributed by atoms with van der Waals surface area (Å²) in [4.78, 5) is 0. The zero-order valence-corrected chi connectivity index (χ0v) is 16.3. The molecule has 0 spiro atoms. The molecule has 2 heterocycles. The number of nitrogens with zero attached hydrogens (tertiary/aromatic N) is 3. The molecule has 0 amide bonds. The summed E-state index contributed by atoms with van der Waals surface area (Å²) in [7, 11) is 1.88. The second-order valence-electron chi connectivity index (χ2n) is 7.47. The fourth-order valence-corrected chi connectivity index (χ4v) is 4.07. The van der Waals surface area contributed by atoms with Crippen molar-refractivity contribution in [3.8, 4) is 5.69 Å². The number of aliphatic hydroxyl groups is 1. The number of aryl methyl sites for hydroxylation is 1. The zero-order chi connectivity index (χ0) is 20.9. The van der Waals surface area contributed by atoms with E-state index in [4.69, 9.17) is 0 Å². The lowest BCUT2D eigenvalue weighted by Gasteiger charge is -2.27. The molecule has 2 aromatic heterocycles. The van der Waals surface area contributed by atoms with Crippen LogP contribution in [0.25, 0.3) is 27.5 Å². The first-order valence-electron chi connectivity index (χ1n) is 9.58. The molecule has 150 valence electrons. The Kier molecular flexibility index (Phi) is 4.18. The smallest absolute Gasteiger partial charge is 0.145 e. The Balaban J connectivity index is 1.66. The van der Waals surface area contributed by atoms with Crippen LogP contribution in [0.2, 0.25) is 0 Å². The van der Waals surface area contributed by atoms with Crippen molar-refractivity contribution in [2.24, 2.45) is 7.05 Å². The Morgan fingerprint density at radius 2 is 1.80 bits per heavy atom. The van der Waals surface area contributed by atoms with Gasteiger partial charge in [0.05, 0.1) is 22.9 Å². The van der Waals surface area contributed by atoms with E-state index in [9.17, 15) is 13.9 Å². The molecular weight excluding hydrogens is 384 g/mol. The van der Waals surface area contributed by atoms with E-state index < -0.39 is 12.3 Å². The van der Waals surface area contributed by atoms with Gasteiger partial charge in [-0.25, -0.2) is 13.5 Å². The van der Waals surface area contributed by atoms with Crippen molar-refractivity contribution in [2.75, 3.05) is 6.67 Å². The van der Waals surface area contributed by atoms with E-state index in [1.165, 1.54) is 12.1 Å². The van der Waals surface area contributed by atoms with E-state index >= 15 is 0 Å². The predicted molar refractivity (Wildman–Crippen MR) is 113 cm³/mol. The largest absolute Gasteiger partial charge is 0.378 e. The minimum absolute atomic E-state index is 0.319. The van der Waals surface area contributed by atoms with Crippen molar-refractivity contribution in [3.63, 3.8) is 0 Å². The molecule has 4 nitrogen and oxygen atoms in total. The van der Waals surface area contributed by atoms with Crippen LogP contribution in [-0.2, 0) is 12.6 Å². The molecule has 0 radical (unpaired) electrons. The van der Waals surface area contributed by atoms with Crippen LogP contribution in [0.15, 0.2) is 79.1 Å². The van der Waals surface area contributed by atoms with Gasteiger partial charge in [0.25, 0.3) is 0 Å². The molecule has 0 aliphatic rings. The Hall–Kier alpha value is -3.51. The molecule has 0 saturated heterocycles. The number of rotatable bonds is 4. The first-order valence-corrected chi connectivity index (χ1v) is 9.58. The van der Waals surface area contributed by atoms with Gasteiger partial charge in [-0.15, -0.1) is 0 Å². The van der Waals surface area contributed by atoms with E-state index in [-0.39, 0.29) is 5.82 Å². The van der Waals surface area contributed by atoms with Crippen LogP contribution in [-0.4, -0.2) is 26.1 Å². The maximum Gasteiger partial charge on any atom is 0.145 e. The third-order valence-corrected chi connectivity index (χ3v) is 5.65. The minimum Gasteiger partial charge on any atom is -0.378 e. The first kappa shape index (κ1) is 18.5. The van der Waals surface area contributed by atoms with Gasteiger partial charge in [-0.2, -0.15) is 5.10 Å². The summed E-state index contributed by atoms with van der Waals surface area (Å²) in [5.74, 6) is -0.319. The predicted octanol–water partition coefficient (Wildman–Crippen LogP) is 4.86. The van der Waals surface area contributed by atoms with Gasteiger partial charge in [-0.05, 0) is 53.4 Å². The van der Waals surface area contributed by atoms with E-state index in [0.717, 1.165) is 21.8 Å². The Labute approximate surface area is 171 Å². The van der Waals surface area contributed by atoms with E-state index in [1.54, 1.807) is 47.3 Å². The van der Waals surface area contributed by atoms with E-state index in [1.807, 2.05) is 36.0 Å². The van der Waals surface area contributed by atoms with Gasteiger partial charge in [0.15, 0.2) is 0 Å². The lowest BCUT2D eigenvalue weighted by atomic mass is 9.86. The molecule has 5 rings (SSSR count). The topological polar surface area (TPSA) is 43.0 Å². The third kappa shape index (κ3) is 2.72. The number of hydrogen-bond donors (Lipinski definition) is 1. The van der Waals surface area contributed by atoms with Crippen molar-refractivity contribution >= 4 is 21.8 Å². The number of fused-ring (bicyclic) bond motifs is 2. The highest BCUT2D eigenvalue weighted by Crippen LogP contribution is 2.36. The molecule has 1 atom stereocenters. The normalized spacial score (nSPS) is 13.7. The molecule has 1 unspecified atom stereocenters. The quantitative estimate of drug-likeness (QED) is 0.466. The van der Waals surface area contributed by atoms with E-state index in [0.29, 0.717) is 16.8 Å². The number of aromatic nitrogens is 3. The molecular formula is C24H19F2N3O. The fraction of sp³-hybridized carbons (Fsp3) is 0.125. The highest BCUT2D eigenvalue weighted by molar-refractivity contribution is 5.86. The van der Waals surface area contributed by atoms with Crippen LogP contribution in [0.3, 0.4) is 0 Å². The summed E-state index contributed by atoms with van der Waals surface area (Å²) in [5.41, 5.74) is 1.46. The summed E-state index contributed by atoms with van der Waals surface area (Å²) in [6.07, 6.45) is 3.55.